The number of fused-ring (bicyclic) bond motifs is 1. The maximum absolute atomic E-state index is 10.6. The summed E-state index contributed by atoms with van der Waals surface area (Å²) < 4.78 is 0.670. The zero-order valence-corrected chi connectivity index (χ0v) is 7.75. The second kappa shape index (κ2) is 2.81. The molecule has 2 rings (SSSR count). The summed E-state index contributed by atoms with van der Waals surface area (Å²) in [6.45, 7) is 0. The third kappa shape index (κ3) is 1.23. The van der Waals surface area contributed by atoms with Gasteiger partial charge in [0.2, 0.25) is 0 Å². The van der Waals surface area contributed by atoms with Crippen molar-refractivity contribution in [3.63, 3.8) is 0 Å². The first-order valence-electron chi connectivity index (χ1n) is 3.68. The van der Waals surface area contributed by atoms with Crippen LogP contribution >= 0.6 is 11.3 Å². The first-order chi connectivity index (χ1) is 6.58. The molecular weight excluding hydrogens is 204 g/mol. The SMILES string of the molecule is Nc1nc2cc(N)c([N+](=O)[O-])cc2s1. The van der Waals surface area contributed by atoms with E-state index in [-0.39, 0.29) is 11.4 Å². The molecular formula is C7H6N4O2S. The molecule has 1 aromatic heterocycles. The van der Waals surface area contributed by atoms with Crippen LogP contribution in [-0.4, -0.2) is 9.91 Å². The summed E-state index contributed by atoms with van der Waals surface area (Å²) in [5, 5.41) is 10.9. The molecule has 0 aliphatic carbocycles. The molecule has 0 amide bonds. The molecule has 1 heterocycles. The topological polar surface area (TPSA) is 108 Å². The standard InChI is InChI=1S/C7H6N4O2S/c8-3-1-4-6(14-7(9)10-4)2-5(3)11(12)13/h1-2H,8H2,(H2,9,10). The van der Waals surface area contributed by atoms with Crippen LogP contribution in [0.1, 0.15) is 0 Å². The van der Waals surface area contributed by atoms with Crippen molar-refractivity contribution in [1.29, 1.82) is 0 Å². The van der Waals surface area contributed by atoms with Gasteiger partial charge in [0, 0.05) is 6.07 Å². The average molecular weight is 210 g/mol. The Bertz CT molecular complexity index is 522. The first kappa shape index (κ1) is 8.70. The molecule has 0 atom stereocenters. The average Bonchev–Trinajstić information content (AvgIpc) is 2.42. The molecule has 4 N–H and O–H groups in total. The van der Waals surface area contributed by atoms with Gasteiger partial charge in [0.15, 0.2) is 5.13 Å². The molecule has 2 aromatic rings. The highest BCUT2D eigenvalue weighted by Gasteiger charge is 2.14. The van der Waals surface area contributed by atoms with Crippen molar-refractivity contribution in [2.24, 2.45) is 0 Å². The van der Waals surface area contributed by atoms with Crippen molar-refractivity contribution < 1.29 is 4.92 Å². The Morgan fingerprint density at radius 2 is 2.14 bits per heavy atom. The minimum Gasteiger partial charge on any atom is -0.393 e. The number of nitrogen functional groups attached to an aromatic ring is 2. The lowest BCUT2D eigenvalue weighted by atomic mass is 10.2. The van der Waals surface area contributed by atoms with Gasteiger partial charge < -0.3 is 11.5 Å². The van der Waals surface area contributed by atoms with Crippen LogP contribution in [0.2, 0.25) is 0 Å². The molecule has 6 nitrogen and oxygen atoms in total. The highest BCUT2D eigenvalue weighted by atomic mass is 32.1. The Hall–Kier alpha value is -1.89. The molecule has 0 aliphatic rings. The lowest BCUT2D eigenvalue weighted by molar-refractivity contribution is -0.383. The number of nitrogens with zero attached hydrogens (tertiary/aromatic N) is 2. The third-order valence-electron chi connectivity index (χ3n) is 1.75. The van der Waals surface area contributed by atoms with Gasteiger partial charge in [-0.1, -0.05) is 11.3 Å². The minimum absolute atomic E-state index is 0.104. The van der Waals surface area contributed by atoms with Gasteiger partial charge in [0.05, 0.1) is 15.1 Å². The van der Waals surface area contributed by atoms with Crippen molar-refractivity contribution >= 4 is 38.1 Å². The van der Waals surface area contributed by atoms with Crippen LogP contribution in [0.15, 0.2) is 12.1 Å². The zero-order valence-electron chi connectivity index (χ0n) is 6.93. The predicted octanol–water partition coefficient (Wildman–Crippen LogP) is 1.37. The maximum Gasteiger partial charge on any atom is 0.293 e. The van der Waals surface area contributed by atoms with Crippen molar-refractivity contribution in [2.45, 2.75) is 0 Å². The van der Waals surface area contributed by atoms with Crippen LogP contribution in [0.3, 0.4) is 0 Å². The molecule has 0 saturated heterocycles. The number of nitrogens with two attached hydrogens (primary N) is 2. The molecule has 0 bridgehead atoms. The maximum atomic E-state index is 10.6. The van der Waals surface area contributed by atoms with Crippen LogP contribution in [0.4, 0.5) is 16.5 Å². The van der Waals surface area contributed by atoms with Crippen molar-refractivity contribution in [2.75, 3.05) is 11.5 Å². The van der Waals surface area contributed by atoms with Crippen molar-refractivity contribution in [3.05, 3.63) is 22.2 Å². The molecule has 0 fully saturated rings. The van der Waals surface area contributed by atoms with Gasteiger partial charge >= 0.3 is 0 Å². The minimum atomic E-state index is -0.523. The van der Waals surface area contributed by atoms with Crippen LogP contribution in [0.5, 0.6) is 0 Å². The van der Waals surface area contributed by atoms with E-state index in [4.69, 9.17) is 11.5 Å². The number of nitro benzene ring substituents is 1. The number of rotatable bonds is 1. The number of thiazole rings is 1. The van der Waals surface area contributed by atoms with E-state index in [1.165, 1.54) is 23.5 Å². The quantitative estimate of drug-likeness (QED) is 0.419. The molecule has 7 heteroatoms. The molecule has 14 heavy (non-hydrogen) atoms. The highest BCUT2D eigenvalue weighted by Crippen LogP contribution is 2.31. The lowest BCUT2D eigenvalue weighted by Crippen LogP contribution is -1.94. The van der Waals surface area contributed by atoms with Crippen molar-refractivity contribution in [3.8, 4) is 0 Å². The van der Waals surface area contributed by atoms with Crippen LogP contribution < -0.4 is 11.5 Å². The smallest absolute Gasteiger partial charge is 0.293 e. The summed E-state index contributed by atoms with van der Waals surface area (Å²) >= 11 is 1.20. The number of hydrogen-bond donors (Lipinski definition) is 2. The van der Waals surface area contributed by atoms with E-state index in [0.29, 0.717) is 15.3 Å². The number of benzene rings is 1. The van der Waals surface area contributed by atoms with Crippen molar-refractivity contribution in [1.82, 2.24) is 4.98 Å². The van der Waals surface area contributed by atoms with E-state index < -0.39 is 4.92 Å². The summed E-state index contributed by atoms with van der Waals surface area (Å²) in [4.78, 5) is 14.0. The Kier molecular flexibility index (Phi) is 1.74. The second-order valence-electron chi connectivity index (χ2n) is 2.69. The second-order valence-corrected chi connectivity index (χ2v) is 3.75. The Balaban J connectivity index is 2.76. The third-order valence-corrected chi connectivity index (χ3v) is 2.60. The van der Waals surface area contributed by atoms with Gasteiger partial charge in [-0.05, 0) is 6.07 Å². The van der Waals surface area contributed by atoms with E-state index in [1.807, 2.05) is 0 Å². The highest BCUT2D eigenvalue weighted by molar-refractivity contribution is 7.22. The lowest BCUT2D eigenvalue weighted by Gasteiger charge is -1.95. The zero-order chi connectivity index (χ0) is 10.3. The van der Waals surface area contributed by atoms with Gasteiger partial charge in [0.25, 0.3) is 5.69 Å². The number of nitro groups is 1. The van der Waals surface area contributed by atoms with Crippen LogP contribution in [0.25, 0.3) is 10.2 Å². The normalized spacial score (nSPS) is 10.6. The number of aromatic nitrogens is 1. The number of anilines is 2. The molecule has 0 aliphatic heterocycles. The Morgan fingerprint density at radius 3 is 2.79 bits per heavy atom. The Morgan fingerprint density at radius 1 is 1.43 bits per heavy atom. The van der Waals surface area contributed by atoms with E-state index in [0.717, 1.165) is 0 Å². The molecule has 0 unspecified atom stereocenters. The first-order valence-corrected chi connectivity index (χ1v) is 4.49. The fraction of sp³-hybridized carbons (Fsp3) is 0. The van der Waals surface area contributed by atoms with E-state index in [9.17, 15) is 10.1 Å². The Labute approximate surface area is 82.3 Å². The predicted molar refractivity (Wildman–Crippen MR) is 55.1 cm³/mol. The van der Waals surface area contributed by atoms with Gasteiger partial charge in [0.1, 0.15) is 5.69 Å². The van der Waals surface area contributed by atoms with E-state index in [2.05, 4.69) is 4.98 Å². The molecule has 0 saturated carbocycles. The van der Waals surface area contributed by atoms with E-state index >= 15 is 0 Å². The summed E-state index contributed by atoms with van der Waals surface area (Å²) in [5.74, 6) is 0. The molecule has 72 valence electrons. The molecule has 0 spiro atoms. The summed E-state index contributed by atoms with van der Waals surface area (Å²) in [6, 6.07) is 2.85. The fourth-order valence-electron chi connectivity index (χ4n) is 1.16. The van der Waals surface area contributed by atoms with Crippen LogP contribution in [0, 0.1) is 10.1 Å². The molecule has 1 aromatic carbocycles. The summed E-state index contributed by atoms with van der Waals surface area (Å²) in [6.07, 6.45) is 0. The van der Waals surface area contributed by atoms with Gasteiger partial charge in [-0.25, -0.2) is 4.98 Å². The van der Waals surface area contributed by atoms with Gasteiger partial charge in [-0.2, -0.15) is 0 Å². The fourth-order valence-corrected chi connectivity index (χ4v) is 1.90. The molecule has 0 radical (unpaired) electrons. The van der Waals surface area contributed by atoms with E-state index in [1.54, 1.807) is 0 Å². The summed E-state index contributed by atoms with van der Waals surface area (Å²) in [5.41, 5.74) is 11.5. The number of hydrogen-bond acceptors (Lipinski definition) is 6. The largest absolute Gasteiger partial charge is 0.393 e. The summed E-state index contributed by atoms with van der Waals surface area (Å²) in [7, 11) is 0. The van der Waals surface area contributed by atoms with Gasteiger partial charge in [-0.15, -0.1) is 0 Å². The van der Waals surface area contributed by atoms with Gasteiger partial charge in [-0.3, -0.25) is 10.1 Å². The van der Waals surface area contributed by atoms with Crippen LogP contribution in [-0.2, 0) is 0 Å². The monoisotopic (exact) mass is 210 g/mol.